The van der Waals surface area contributed by atoms with Gasteiger partial charge in [-0.25, -0.2) is 4.79 Å². The molecule has 0 unspecified atom stereocenters. The highest BCUT2D eigenvalue weighted by atomic mass is 32.1. The maximum absolute atomic E-state index is 11.9. The Labute approximate surface area is 132 Å². The molecule has 8 heteroatoms. The Balaban J connectivity index is 2.64. The van der Waals surface area contributed by atoms with E-state index < -0.39 is 11.9 Å². The van der Waals surface area contributed by atoms with E-state index in [1.807, 2.05) is 0 Å². The summed E-state index contributed by atoms with van der Waals surface area (Å²) in [5.74, 6) is 0.922. The molecule has 0 spiro atoms. The van der Waals surface area contributed by atoms with Gasteiger partial charge >= 0.3 is 5.97 Å². The zero-order valence-corrected chi connectivity index (χ0v) is 12.8. The largest absolute Gasteiger partial charge is 0.762 e. The minimum atomic E-state index is -0.846. The summed E-state index contributed by atoms with van der Waals surface area (Å²) >= 11 is 4.87. The summed E-state index contributed by atoms with van der Waals surface area (Å²) < 4.78 is 9.66. The summed E-state index contributed by atoms with van der Waals surface area (Å²) in [5.41, 5.74) is 4.61. The second kappa shape index (κ2) is 8.56. The number of ether oxygens (including phenoxy) is 2. The Hall–Kier alpha value is -2.70. The third-order valence-electron chi connectivity index (χ3n) is 2.46. The maximum atomic E-state index is 11.9. The average molecular weight is 320 g/mol. The normalized spacial score (nSPS) is 9.18. The molecule has 1 amide bonds. The van der Waals surface area contributed by atoms with E-state index in [2.05, 4.69) is 15.6 Å². The molecular formula is C14H14N3O4S-. The van der Waals surface area contributed by atoms with Crippen LogP contribution in [0.25, 0.3) is 5.41 Å². The Morgan fingerprint density at radius 2 is 1.91 bits per heavy atom. The summed E-state index contributed by atoms with van der Waals surface area (Å²) in [7, 11) is 1.52. The Morgan fingerprint density at radius 3 is 2.41 bits per heavy atom. The quantitative estimate of drug-likeness (QED) is 0.276. The molecule has 0 bridgehead atoms. The Bertz CT molecular complexity index is 621. The number of nitrogens with zero attached hydrogens (tertiary/aromatic N) is 1. The molecule has 0 atom stereocenters. The number of methoxy groups -OCH3 is 1. The molecule has 22 heavy (non-hydrogen) atoms. The number of carbonyl (C=O) groups is 2. The van der Waals surface area contributed by atoms with Crippen LogP contribution in [0.2, 0.25) is 0 Å². The molecule has 0 heterocycles. The lowest BCUT2D eigenvalue weighted by atomic mass is 10.2. The fraction of sp³-hybridized carbons (Fsp3) is 0.214. The van der Waals surface area contributed by atoms with Crippen LogP contribution in [0.5, 0.6) is 5.75 Å². The molecule has 0 saturated heterocycles. The van der Waals surface area contributed by atoms with Gasteiger partial charge in [-0.15, -0.1) is 0 Å². The molecule has 0 saturated carbocycles. The van der Waals surface area contributed by atoms with E-state index in [1.54, 1.807) is 37.1 Å². The summed E-state index contributed by atoms with van der Waals surface area (Å²) in [6.07, 6.45) is 0. The lowest BCUT2D eigenvalue weighted by Gasteiger charge is -2.11. The lowest BCUT2D eigenvalue weighted by molar-refractivity contribution is -0.137. The predicted octanol–water partition coefficient (Wildman–Crippen LogP) is 0.986. The second-order valence-electron chi connectivity index (χ2n) is 3.84. The van der Waals surface area contributed by atoms with E-state index in [0.717, 1.165) is 0 Å². The highest BCUT2D eigenvalue weighted by Gasteiger charge is 2.15. The number of hydrazine groups is 1. The number of esters is 1. The first-order chi connectivity index (χ1) is 10.5. The van der Waals surface area contributed by atoms with Gasteiger partial charge < -0.3 is 14.9 Å². The minimum Gasteiger partial charge on any atom is -0.762 e. The summed E-state index contributed by atoms with van der Waals surface area (Å²) in [4.78, 5) is 23.1. The van der Waals surface area contributed by atoms with Gasteiger partial charge in [-0.1, -0.05) is 12.2 Å². The summed E-state index contributed by atoms with van der Waals surface area (Å²) in [6.45, 7) is 1.72. The molecule has 0 aliphatic rings. The van der Waals surface area contributed by atoms with E-state index in [4.69, 9.17) is 22.4 Å². The van der Waals surface area contributed by atoms with Crippen molar-refractivity contribution in [1.29, 1.82) is 0 Å². The van der Waals surface area contributed by atoms with Gasteiger partial charge in [0.25, 0.3) is 5.91 Å². The number of rotatable bonds is 5. The van der Waals surface area contributed by atoms with E-state index in [0.29, 0.717) is 11.3 Å². The van der Waals surface area contributed by atoms with Crippen LogP contribution in [0.3, 0.4) is 0 Å². The van der Waals surface area contributed by atoms with E-state index in [9.17, 15) is 9.59 Å². The molecule has 2 N–H and O–H groups in total. The number of hydrogen-bond acceptors (Lipinski definition) is 5. The zero-order valence-electron chi connectivity index (χ0n) is 12.0. The van der Waals surface area contributed by atoms with Crippen LogP contribution in [0.1, 0.15) is 17.3 Å². The van der Waals surface area contributed by atoms with Crippen molar-refractivity contribution in [2.24, 2.45) is 0 Å². The molecule has 116 valence electrons. The Kier molecular flexibility index (Phi) is 6.75. The molecule has 0 radical (unpaired) electrons. The van der Waals surface area contributed by atoms with Crippen molar-refractivity contribution >= 4 is 35.0 Å². The molecule has 0 aromatic heterocycles. The van der Waals surface area contributed by atoms with E-state index in [-0.39, 0.29) is 17.2 Å². The van der Waals surface area contributed by atoms with Crippen LogP contribution in [0.4, 0.5) is 0 Å². The van der Waals surface area contributed by atoms with Crippen molar-refractivity contribution in [3.8, 4) is 5.75 Å². The van der Waals surface area contributed by atoms with Gasteiger partial charge in [0, 0.05) is 5.56 Å². The molecule has 1 aromatic rings. The van der Waals surface area contributed by atoms with Gasteiger partial charge in [0.2, 0.25) is 0 Å². The maximum Gasteiger partial charge on any atom is 0.347 e. The second-order valence-corrected chi connectivity index (χ2v) is 4.25. The molecule has 0 fully saturated rings. The van der Waals surface area contributed by atoms with Crippen molar-refractivity contribution in [2.45, 2.75) is 6.92 Å². The van der Waals surface area contributed by atoms with Crippen LogP contribution in [0.15, 0.2) is 29.8 Å². The molecule has 0 aliphatic carbocycles. The third-order valence-corrected chi connectivity index (χ3v) is 2.77. The van der Waals surface area contributed by atoms with Crippen LogP contribution in [-0.2, 0) is 9.53 Å². The third kappa shape index (κ3) is 4.69. The molecule has 1 rings (SSSR count). The van der Waals surface area contributed by atoms with Crippen molar-refractivity contribution in [3.63, 3.8) is 0 Å². The van der Waals surface area contributed by atoms with Crippen LogP contribution in [0, 0.1) is 0 Å². The highest BCUT2D eigenvalue weighted by molar-refractivity contribution is 7.80. The first-order valence-electron chi connectivity index (χ1n) is 6.22. The van der Waals surface area contributed by atoms with Gasteiger partial charge in [0.05, 0.1) is 13.7 Å². The van der Waals surface area contributed by atoms with Gasteiger partial charge in [-0.05, 0) is 31.2 Å². The number of hydrogen-bond donors (Lipinski definition) is 2. The summed E-state index contributed by atoms with van der Waals surface area (Å²) in [6, 6.07) is 6.36. The summed E-state index contributed by atoms with van der Waals surface area (Å²) in [5, 5.41) is 8.89. The van der Waals surface area contributed by atoms with Gasteiger partial charge in [-0.2, -0.15) is 0 Å². The SMILES string of the molecule is CCOC(=O)C(=C=[N-])C(=S)NNC(=O)c1ccc(OC)cc1. The predicted molar refractivity (Wildman–Crippen MR) is 84.7 cm³/mol. The van der Waals surface area contributed by atoms with Crippen LogP contribution in [-0.4, -0.2) is 36.5 Å². The van der Waals surface area contributed by atoms with Crippen molar-refractivity contribution in [1.82, 2.24) is 10.9 Å². The van der Waals surface area contributed by atoms with Crippen LogP contribution >= 0.6 is 12.2 Å². The molecule has 0 aliphatic heterocycles. The number of benzene rings is 1. The monoisotopic (exact) mass is 320 g/mol. The molecule has 1 aromatic carbocycles. The van der Waals surface area contributed by atoms with Crippen LogP contribution < -0.4 is 15.6 Å². The number of nitrogens with one attached hydrogen (secondary N) is 2. The average Bonchev–Trinajstić information content (AvgIpc) is 2.53. The standard InChI is InChI=1S/C14H14N3O4S/c1-3-21-14(19)11(8-15)13(22)17-16-12(18)9-4-6-10(20-2)7-5-9/h4-7H,3H2,1-2H3,(H,16,18)(H,17,22)/q-1. The molecule has 7 nitrogen and oxygen atoms in total. The number of thiocarbonyl (C=S) groups is 1. The highest BCUT2D eigenvalue weighted by Crippen LogP contribution is 2.10. The minimum absolute atomic E-state index is 0.116. The Morgan fingerprint density at radius 1 is 1.27 bits per heavy atom. The van der Waals surface area contributed by atoms with Gasteiger partial charge in [0.15, 0.2) is 0 Å². The van der Waals surface area contributed by atoms with E-state index in [1.165, 1.54) is 7.11 Å². The fourth-order valence-corrected chi connectivity index (χ4v) is 1.56. The topological polar surface area (TPSA) is 99.0 Å². The fourth-order valence-electron chi connectivity index (χ4n) is 1.38. The smallest absolute Gasteiger partial charge is 0.347 e. The first-order valence-corrected chi connectivity index (χ1v) is 6.63. The lowest BCUT2D eigenvalue weighted by Crippen LogP contribution is -2.42. The zero-order chi connectivity index (χ0) is 16.5. The van der Waals surface area contributed by atoms with Gasteiger partial charge in [-0.3, -0.25) is 21.5 Å². The molecular weight excluding hydrogens is 306 g/mol. The van der Waals surface area contributed by atoms with Gasteiger partial charge in [0.1, 0.15) is 16.3 Å². The van der Waals surface area contributed by atoms with Crippen molar-refractivity contribution in [2.75, 3.05) is 13.7 Å². The van der Waals surface area contributed by atoms with Crippen molar-refractivity contribution in [3.05, 3.63) is 40.8 Å². The first kappa shape index (κ1) is 17.4. The number of amides is 1. The number of carbonyl (C=O) groups excluding carboxylic acids is 2. The van der Waals surface area contributed by atoms with E-state index >= 15 is 0 Å². The van der Waals surface area contributed by atoms with Crippen molar-refractivity contribution < 1.29 is 19.1 Å².